The van der Waals surface area contributed by atoms with Gasteiger partial charge in [0.15, 0.2) is 11.5 Å². The highest BCUT2D eigenvalue weighted by atomic mass is 35.5. The number of nitrogens with zero attached hydrogens (tertiary/aromatic N) is 2. The molecule has 2 amide bonds. The van der Waals surface area contributed by atoms with Crippen molar-refractivity contribution in [3.63, 3.8) is 0 Å². The lowest BCUT2D eigenvalue weighted by Crippen LogP contribution is -2.51. The smallest absolute Gasteiger partial charge is 0.254 e. The minimum atomic E-state index is -0.120. The summed E-state index contributed by atoms with van der Waals surface area (Å²) in [5.74, 6) is 1.41. The zero-order valence-corrected chi connectivity index (χ0v) is 18.2. The van der Waals surface area contributed by atoms with E-state index in [1.807, 2.05) is 18.7 Å². The van der Waals surface area contributed by atoms with Gasteiger partial charge in [0.1, 0.15) is 0 Å². The van der Waals surface area contributed by atoms with Gasteiger partial charge in [0, 0.05) is 37.7 Å². The van der Waals surface area contributed by atoms with Gasteiger partial charge < -0.3 is 19.3 Å². The molecule has 0 spiro atoms. The van der Waals surface area contributed by atoms with Crippen LogP contribution in [0.1, 0.15) is 44.5 Å². The quantitative estimate of drug-likeness (QED) is 0.687. The molecule has 1 aromatic carbocycles. The molecule has 2 rings (SSSR count). The third-order valence-corrected chi connectivity index (χ3v) is 5.07. The van der Waals surface area contributed by atoms with Crippen LogP contribution in [0.5, 0.6) is 11.5 Å². The lowest BCUT2D eigenvalue weighted by atomic mass is 10.1. The summed E-state index contributed by atoms with van der Waals surface area (Å²) in [6.07, 6.45) is 0.902. The molecule has 1 aromatic rings. The average Bonchev–Trinajstić information content (AvgIpc) is 2.67. The van der Waals surface area contributed by atoms with Crippen molar-refractivity contribution in [1.29, 1.82) is 0 Å². The molecule has 0 N–H and O–H groups in total. The highest BCUT2D eigenvalue weighted by molar-refractivity contribution is 6.32. The van der Waals surface area contributed by atoms with Crippen molar-refractivity contribution >= 4 is 23.4 Å². The molecule has 1 aliphatic heterocycles. The van der Waals surface area contributed by atoms with E-state index >= 15 is 0 Å². The zero-order chi connectivity index (χ0) is 20.8. The van der Waals surface area contributed by atoms with Gasteiger partial charge in [-0.2, -0.15) is 0 Å². The summed E-state index contributed by atoms with van der Waals surface area (Å²) in [6.45, 7) is 10.7. The molecule has 1 heterocycles. The van der Waals surface area contributed by atoms with Crippen LogP contribution in [0.4, 0.5) is 0 Å². The Morgan fingerprint density at radius 3 is 2.21 bits per heavy atom. The molecule has 0 saturated carbocycles. The second-order valence-corrected chi connectivity index (χ2v) is 8.20. The van der Waals surface area contributed by atoms with Crippen LogP contribution < -0.4 is 9.47 Å². The Bertz CT molecular complexity index is 698. The topological polar surface area (TPSA) is 59.1 Å². The normalized spacial score (nSPS) is 14.6. The molecule has 0 atom stereocenters. The monoisotopic (exact) mass is 410 g/mol. The third kappa shape index (κ3) is 5.53. The zero-order valence-electron chi connectivity index (χ0n) is 17.5. The van der Waals surface area contributed by atoms with E-state index in [-0.39, 0.29) is 17.7 Å². The predicted molar refractivity (Wildman–Crippen MR) is 110 cm³/mol. The largest absolute Gasteiger partial charge is 0.493 e. The molecule has 6 nitrogen and oxygen atoms in total. The number of carbonyl (C=O) groups excluding carboxylic acids is 2. The van der Waals surface area contributed by atoms with Gasteiger partial charge in [-0.1, -0.05) is 39.3 Å². The fourth-order valence-electron chi connectivity index (χ4n) is 3.06. The van der Waals surface area contributed by atoms with Crippen molar-refractivity contribution < 1.29 is 19.1 Å². The maximum atomic E-state index is 12.9. The van der Waals surface area contributed by atoms with E-state index in [9.17, 15) is 9.59 Å². The summed E-state index contributed by atoms with van der Waals surface area (Å²) in [5.41, 5.74) is 0.460. The van der Waals surface area contributed by atoms with Gasteiger partial charge in [-0.15, -0.1) is 0 Å². The number of methoxy groups -OCH3 is 1. The summed E-state index contributed by atoms with van der Waals surface area (Å²) >= 11 is 6.38. The predicted octanol–water partition coefficient (Wildman–Crippen LogP) is 3.71. The molecule has 0 aromatic heterocycles. The van der Waals surface area contributed by atoms with E-state index in [4.69, 9.17) is 21.1 Å². The number of benzene rings is 1. The Balaban J connectivity index is 2.07. The highest BCUT2D eigenvalue weighted by Crippen LogP contribution is 2.37. The molecule has 1 saturated heterocycles. The Hall–Kier alpha value is -1.95. The molecule has 0 radical (unpaired) electrons. The number of carbonyl (C=O) groups is 2. The van der Waals surface area contributed by atoms with Crippen LogP contribution in [0.3, 0.4) is 0 Å². The summed E-state index contributed by atoms with van der Waals surface area (Å²) in [7, 11) is 1.53. The van der Waals surface area contributed by atoms with Crippen LogP contribution in [-0.4, -0.2) is 61.5 Å². The minimum absolute atomic E-state index is 0.0337. The van der Waals surface area contributed by atoms with Crippen molar-refractivity contribution in [3.8, 4) is 11.5 Å². The van der Waals surface area contributed by atoms with Gasteiger partial charge in [-0.05, 0) is 24.5 Å². The Kier molecular flexibility index (Phi) is 7.98. The number of ether oxygens (including phenoxy) is 2. The molecule has 0 aliphatic carbocycles. The van der Waals surface area contributed by atoms with Gasteiger partial charge >= 0.3 is 0 Å². The Labute approximate surface area is 172 Å². The fraction of sp³-hybridized carbons (Fsp3) is 0.619. The third-order valence-electron chi connectivity index (χ3n) is 4.79. The van der Waals surface area contributed by atoms with Crippen molar-refractivity contribution in [3.05, 3.63) is 22.7 Å². The van der Waals surface area contributed by atoms with Crippen LogP contribution in [0.25, 0.3) is 0 Å². The van der Waals surface area contributed by atoms with Crippen molar-refractivity contribution in [2.24, 2.45) is 11.8 Å². The van der Waals surface area contributed by atoms with Crippen LogP contribution in [0, 0.1) is 11.8 Å². The molecule has 28 heavy (non-hydrogen) atoms. The number of rotatable bonds is 7. The molecule has 1 fully saturated rings. The maximum absolute atomic E-state index is 12.9. The first-order valence-electron chi connectivity index (χ1n) is 9.83. The average molecular weight is 411 g/mol. The lowest BCUT2D eigenvalue weighted by Gasteiger charge is -2.35. The summed E-state index contributed by atoms with van der Waals surface area (Å²) in [6, 6.07) is 3.30. The SMILES string of the molecule is COc1cc(C(=O)N2CCN(C(=O)C(C)C)CC2)cc(Cl)c1OCCC(C)C. The Morgan fingerprint density at radius 2 is 1.68 bits per heavy atom. The van der Waals surface area contributed by atoms with Crippen molar-refractivity contribution in [1.82, 2.24) is 9.80 Å². The van der Waals surface area contributed by atoms with Crippen LogP contribution in [0.15, 0.2) is 12.1 Å². The van der Waals surface area contributed by atoms with Gasteiger partial charge in [-0.25, -0.2) is 0 Å². The summed E-state index contributed by atoms with van der Waals surface area (Å²) < 4.78 is 11.2. The molecule has 1 aliphatic rings. The van der Waals surface area contributed by atoms with E-state index in [1.54, 1.807) is 17.0 Å². The number of piperazine rings is 1. The number of amides is 2. The van der Waals surface area contributed by atoms with Crippen LogP contribution in [0.2, 0.25) is 5.02 Å². The first-order chi connectivity index (χ1) is 13.2. The van der Waals surface area contributed by atoms with Gasteiger partial charge in [0.05, 0.1) is 18.7 Å². The summed E-state index contributed by atoms with van der Waals surface area (Å²) in [4.78, 5) is 28.6. The van der Waals surface area contributed by atoms with E-state index in [0.717, 1.165) is 6.42 Å². The molecular weight excluding hydrogens is 380 g/mol. The Morgan fingerprint density at radius 1 is 1.07 bits per heavy atom. The molecule has 156 valence electrons. The molecule has 7 heteroatoms. The molecule has 0 unspecified atom stereocenters. The van der Waals surface area contributed by atoms with Gasteiger partial charge in [-0.3, -0.25) is 9.59 Å². The maximum Gasteiger partial charge on any atom is 0.254 e. The van der Waals surface area contributed by atoms with Crippen LogP contribution in [-0.2, 0) is 4.79 Å². The highest BCUT2D eigenvalue weighted by Gasteiger charge is 2.27. The van der Waals surface area contributed by atoms with E-state index in [0.29, 0.717) is 60.8 Å². The van der Waals surface area contributed by atoms with E-state index < -0.39 is 0 Å². The standard InChI is InChI=1S/C21H31ClN2O4/c1-14(2)6-11-28-19-17(22)12-16(13-18(19)27-5)21(26)24-9-7-23(8-10-24)20(25)15(3)4/h12-15H,6-11H2,1-5H3. The lowest BCUT2D eigenvalue weighted by molar-refractivity contribution is -0.135. The second-order valence-electron chi connectivity index (χ2n) is 7.79. The first kappa shape index (κ1) is 22.3. The number of hydrogen-bond donors (Lipinski definition) is 0. The molecule has 0 bridgehead atoms. The summed E-state index contributed by atoms with van der Waals surface area (Å²) in [5, 5.41) is 0.361. The van der Waals surface area contributed by atoms with Gasteiger partial charge in [0.25, 0.3) is 5.91 Å². The van der Waals surface area contributed by atoms with Crippen LogP contribution >= 0.6 is 11.6 Å². The van der Waals surface area contributed by atoms with E-state index in [1.165, 1.54) is 7.11 Å². The number of halogens is 1. The van der Waals surface area contributed by atoms with Crippen molar-refractivity contribution in [2.75, 3.05) is 39.9 Å². The van der Waals surface area contributed by atoms with Gasteiger partial charge in [0.2, 0.25) is 5.91 Å². The number of hydrogen-bond acceptors (Lipinski definition) is 4. The fourth-order valence-corrected chi connectivity index (χ4v) is 3.32. The first-order valence-corrected chi connectivity index (χ1v) is 10.2. The molecular formula is C21H31ClN2O4. The second kappa shape index (κ2) is 10.0. The minimum Gasteiger partial charge on any atom is -0.493 e. The van der Waals surface area contributed by atoms with Crippen molar-refractivity contribution in [2.45, 2.75) is 34.1 Å². The van der Waals surface area contributed by atoms with E-state index in [2.05, 4.69) is 13.8 Å².